The molecule has 0 radical (unpaired) electrons. The lowest BCUT2D eigenvalue weighted by Gasteiger charge is -2.34. The van der Waals surface area contributed by atoms with Crippen molar-refractivity contribution >= 4 is 16.9 Å². The molecule has 1 aromatic heterocycles. The zero-order valence-corrected chi connectivity index (χ0v) is 14.4. The second kappa shape index (κ2) is 6.67. The standard InChI is InChI=1S/C19H23NO4/c1-12-6-13(2)10-20(9-12)18(21)11-23-15-4-5-16-14(3)7-19(22)24-17(16)8-15/h4-5,7-8,12-13H,6,9-11H2,1-3H3. The lowest BCUT2D eigenvalue weighted by molar-refractivity contribution is -0.136. The van der Waals surface area contributed by atoms with E-state index < -0.39 is 0 Å². The minimum absolute atomic E-state index is 0.000748. The number of benzene rings is 1. The number of nitrogens with zero attached hydrogens (tertiary/aromatic N) is 1. The number of amides is 1. The molecule has 2 heterocycles. The van der Waals surface area contributed by atoms with E-state index in [-0.39, 0.29) is 18.1 Å². The molecule has 0 spiro atoms. The smallest absolute Gasteiger partial charge is 0.336 e. The maximum atomic E-state index is 12.4. The maximum Gasteiger partial charge on any atom is 0.336 e. The van der Waals surface area contributed by atoms with Crippen molar-refractivity contribution in [2.45, 2.75) is 27.2 Å². The van der Waals surface area contributed by atoms with Crippen molar-refractivity contribution in [1.29, 1.82) is 0 Å². The van der Waals surface area contributed by atoms with Gasteiger partial charge in [0, 0.05) is 30.6 Å². The molecule has 128 valence electrons. The van der Waals surface area contributed by atoms with Crippen LogP contribution in [-0.4, -0.2) is 30.5 Å². The third-order valence-electron chi connectivity index (χ3n) is 4.51. The quantitative estimate of drug-likeness (QED) is 0.812. The molecule has 1 aromatic carbocycles. The van der Waals surface area contributed by atoms with E-state index in [2.05, 4.69) is 13.8 Å². The fourth-order valence-corrected chi connectivity index (χ4v) is 3.50. The van der Waals surface area contributed by atoms with Crippen LogP contribution in [0, 0.1) is 18.8 Å². The normalized spacial score (nSPS) is 21.0. The monoisotopic (exact) mass is 329 g/mol. The van der Waals surface area contributed by atoms with E-state index in [4.69, 9.17) is 9.15 Å². The number of carbonyl (C=O) groups excluding carboxylic acids is 1. The van der Waals surface area contributed by atoms with Gasteiger partial charge in [-0.15, -0.1) is 0 Å². The average Bonchev–Trinajstić information content (AvgIpc) is 2.51. The van der Waals surface area contributed by atoms with Gasteiger partial charge in [0.1, 0.15) is 11.3 Å². The Hall–Kier alpha value is -2.30. The molecule has 2 unspecified atom stereocenters. The molecule has 2 aromatic rings. The Morgan fingerprint density at radius 3 is 2.67 bits per heavy atom. The molecule has 1 aliphatic rings. The first-order chi connectivity index (χ1) is 11.4. The molecule has 1 fully saturated rings. The van der Waals surface area contributed by atoms with Gasteiger partial charge in [-0.05, 0) is 42.9 Å². The molecule has 1 amide bonds. The molecule has 5 nitrogen and oxygen atoms in total. The van der Waals surface area contributed by atoms with E-state index >= 15 is 0 Å². The van der Waals surface area contributed by atoms with Crippen molar-refractivity contribution in [3.8, 4) is 5.75 Å². The minimum Gasteiger partial charge on any atom is -0.484 e. The van der Waals surface area contributed by atoms with Gasteiger partial charge in [-0.2, -0.15) is 0 Å². The molecule has 0 N–H and O–H groups in total. The molecule has 0 saturated carbocycles. The van der Waals surface area contributed by atoms with Crippen molar-refractivity contribution in [2.75, 3.05) is 19.7 Å². The van der Waals surface area contributed by atoms with Crippen molar-refractivity contribution < 1.29 is 13.9 Å². The van der Waals surface area contributed by atoms with Gasteiger partial charge < -0.3 is 14.1 Å². The molecule has 5 heteroatoms. The number of carbonyl (C=O) groups is 1. The van der Waals surface area contributed by atoms with Gasteiger partial charge in [-0.3, -0.25) is 4.79 Å². The number of fused-ring (bicyclic) bond motifs is 1. The topological polar surface area (TPSA) is 59.8 Å². The minimum atomic E-state index is -0.385. The van der Waals surface area contributed by atoms with Crippen LogP contribution in [-0.2, 0) is 4.79 Å². The summed E-state index contributed by atoms with van der Waals surface area (Å²) in [4.78, 5) is 25.7. The van der Waals surface area contributed by atoms with Crippen molar-refractivity contribution in [2.24, 2.45) is 11.8 Å². The summed E-state index contributed by atoms with van der Waals surface area (Å²) in [6.45, 7) is 7.79. The summed E-state index contributed by atoms with van der Waals surface area (Å²) in [6, 6.07) is 6.77. The highest BCUT2D eigenvalue weighted by Crippen LogP contribution is 2.23. The predicted octanol–water partition coefficient (Wildman–Crippen LogP) is 2.98. The first kappa shape index (κ1) is 16.6. The van der Waals surface area contributed by atoms with Crippen LogP contribution in [0.15, 0.2) is 33.5 Å². The van der Waals surface area contributed by atoms with Crippen LogP contribution in [0.5, 0.6) is 5.75 Å². The van der Waals surface area contributed by atoms with Crippen molar-refractivity contribution in [3.05, 3.63) is 40.2 Å². The number of likely N-dealkylation sites (tertiary alicyclic amines) is 1. The van der Waals surface area contributed by atoms with Crippen LogP contribution in [0.25, 0.3) is 11.0 Å². The van der Waals surface area contributed by atoms with Crippen LogP contribution in [0.2, 0.25) is 0 Å². The number of rotatable bonds is 3. The SMILES string of the molecule is Cc1cc(=O)oc2cc(OCC(=O)N3CC(C)CC(C)C3)ccc12. The van der Waals surface area contributed by atoms with E-state index in [9.17, 15) is 9.59 Å². The Labute approximate surface area is 141 Å². The lowest BCUT2D eigenvalue weighted by atomic mass is 9.92. The second-order valence-electron chi connectivity index (χ2n) is 6.94. The van der Waals surface area contributed by atoms with Crippen LogP contribution < -0.4 is 10.4 Å². The van der Waals surface area contributed by atoms with Gasteiger partial charge >= 0.3 is 5.63 Å². The first-order valence-corrected chi connectivity index (χ1v) is 8.37. The molecule has 24 heavy (non-hydrogen) atoms. The molecule has 2 atom stereocenters. The average molecular weight is 329 g/mol. The number of piperidine rings is 1. The number of aryl methyl sites for hydroxylation is 1. The Morgan fingerprint density at radius 1 is 1.25 bits per heavy atom. The zero-order chi connectivity index (χ0) is 17.3. The van der Waals surface area contributed by atoms with Gasteiger partial charge in [0.15, 0.2) is 6.61 Å². The molecule has 3 rings (SSSR count). The maximum absolute atomic E-state index is 12.4. The van der Waals surface area contributed by atoms with Crippen LogP contribution >= 0.6 is 0 Å². The first-order valence-electron chi connectivity index (χ1n) is 8.37. The van der Waals surface area contributed by atoms with Crippen LogP contribution in [0.3, 0.4) is 0 Å². The summed E-state index contributed by atoms with van der Waals surface area (Å²) < 4.78 is 10.8. The highest BCUT2D eigenvalue weighted by molar-refractivity contribution is 5.81. The van der Waals surface area contributed by atoms with Gasteiger partial charge in [0.05, 0.1) is 0 Å². The summed E-state index contributed by atoms with van der Waals surface area (Å²) in [5.41, 5.74) is 0.954. The molecule has 0 bridgehead atoms. The summed E-state index contributed by atoms with van der Waals surface area (Å²) in [5, 5.41) is 0.868. The third kappa shape index (κ3) is 3.61. The number of hydrogen-bond acceptors (Lipinski definition) is 4. The summed E-state index contributed by atoms with van der Waals surface area (Å²) in [6.07, 6.45) is 1.16. The zero-order valence-electron chi connectivity index (χ0n) is 14.4. The highest BCUT2D eigenvalue weighted by atomic mass is 16.5. The number of ether oxygens (including phenoxy) is 1. The number of hydrogen-bond donors (Lipinski definition) is 0. The summed E-state index contributed by atoms with van der Waals surface area (Å²) >= 11 is 0. The van der Waals surface area contributed by atoms with Crippen LogP contribution in [0.1, 0.15) is 25.8 Å². The molecule has 1 saturated heterocycles. The van der Waals surface area contributed by atoms with E-state index in [1.54, 1.807) is 12.1 Å². The van der Waals surface area contributed by atoms with E-state index in [0.717, 1.165) is 30.5 Å². The summed E-state index contributed by atoms with van der Waals surface area (Å²) in [7, 11) is 0. The Balaban J connectivity index is 1.69. The fourth-order valence-electron chi connectivity index (χ4n) is 3.50. The third-order valence-corrected chi connectivity index (χ3v) is 4.51. The van der Waals surface area contributed by atoms with Gasteiger partial charge in [0.2, 0.25) is 0 Å². The van der Waals surface area contributed by atoms with Gasteiger partial charge in [-0.1, -0.05) is 13.8 Å². The largest absolute Gasteiger partial charge is 0.484 e. The Bertz CT molecular complexity index is 801. The van der Waals surface area contributed by atoms with Crippen molar-refractivity contribution in [1.82, 2.24) is 4.90 Å². The fraction of sp³-hybridized carbons (Fsp3) is 0.474. The molecular weight excluding hydrogens is 306 g/mol. The van der Waals surface area contributed by atoms with Gasteiger partial charge in [0.25, 0.3) is 5.91 Å². The second-order valence-corrected chi connectivity index (χ2v) is 6.94. The molecule has 1 aliphatic heterocycles. The summed E-state index contributed by atoms with van der Waals surface area (Å²) in [5.74, 6) is 1.58. The molecular formula is C19H23NO4. The van der Waals surface area contributed by atoms with Crippen molar-refractivity contribution in [3.63, 3.8) is 0 Å². The molecule has 0 aliphatic carbocycles. The Morgan fingerprint density at radius 2 is 1.96 bits per heavy atom. The van der Waals surface area contributed by atoms with Crippen LogP contribution in [0.4, 0.5) is 0 Å². The van der Waals surface area contributed by atoms with Gasteiger partial charge in [-0.25, -0.2) is 4.79 Å². The van der Waals surface area contributed by atoms with E-state index in [1.807, 2.05) is 17.9 Å². The Kier molecular flexibility index (Phi) is 4.60. The van der Waals surface area contributed by atoms with E-state index in [1.165, 1.54) is 6.07 Å². The highest BCUT2D eigenvalue weighted by Gasteiger charge is 2.25. The lowest BCUT2D eigenvalue weighted by Crippen LogP contribution is -2.44. The van der Waals surface area contributed by atoms with E-state index in [0.29, 0.717) is 23.2 Å². The predicted molar refractivity (Wildman–Crippen MR) is 92.2 cm³/mol.